The molecule has 2 N–H and O–H groups in total. The standard InChI is InChI=1S/C12H22N2O/c1-9(11-4-5-11)14-12(15)7-10-3-2-6-13-8-10/h9-11,13H,2-8H2,1H3,(H,14,15). The van der Waals surface area contributed by atoms with Gasteiger partial charge in [-0.15, -0.1) is 0 Å². The van der Waals surface area contributed by atoms with Crippen molar-refractivity contribution >= 4 is 5.91 Å². The molecule has 1 heterocycles. The average Bonchev–Trinajstić information content (AvgIpc) is 3.01. The van der Waals surface area contributed by atoms with Crippen LogP contribution in [0.25, 0.3) is 0 Å². The van der Waals surface area contributed by atoms with Crippen LogP contribution in [0.2, 0.25) is 0 Å². The molecule has 0 bridgehead atoms. The lowest BCUT2D eigenvalue weighted by molar-refractivity contribution is -0.122. The van der Waals surface area contributed by atoms with Crippen molar-refractivity contribution in [3.8, 4) is 0 Å². The minimum atomic E-state index is 0.253. The number of hydrogen-bond acceptors (Lipinski definition) is 2. The second kappa shape index (κ2) is 4.97. The fourth-order valence-corrected chi connectivity index (χ4v) is 2.39. The van der Waals surface area contributed by atoms with E-state index in [-0.39, 0.29) is 5.91 Å². The van der Waals surface area contributed by atoms with E-state index in [0.717, 1.165) is 19.0 Å². The first-order valence-electron chi connectivity index (χ1n) is 6.26. The van der Waals surface area contributed by atoms with Crippen LogP contribution in [0.15, 0.2) is 0 Å². The molecule has 2 unspecified atom stereocenters. The van der Waals surface area contributed by atoms with E-state index in [2.05, 4.69) is 17.6 Å². The van der Waals surface area contributed by atoms with Gasteiger partial charge in [-0.2, -0.15) is 0 Å². The predicted molar refractivity (Wildman–Crippen MR) is 60.5 cm³/mol. The lowest BCUT2D eigenvalue weighted by Crippen LogP contribution is -2.38. The number of carbonyl (C=O) groups is 1. The van der Waals surface area contributed by atoms with E-state index in [9.17, 15) is 4.79 Å². The normalized spacial score (nSPS) is 28.5. The summed E-state index contributed by atoms with van der Waals surface area (Å²) in [5.41, 5.74) is 0. The molecule has 0 spiro atoms. The van der Waals surface area contributed by atoms with Crippen molar-refractivity contribution in [3.05, 3.63) is 0 Å². The summed E-state index contributed by atoms with van der Waals surface area (Å²) >= 11 is 0. The fraction of sp³-hybridized carbons (Fsp3) is 0.917. The highest BCUT2D eigenvalue weighted by Gasteiger charge is 2.29. The van der Waals surface area contributed by atoms with Crippen LogP contribution in [-0.2, 0) is 4.79 Å². The van der Waals surface area contributed by atoms with Crippen LogP contribution in [0.1, 0.15) is 39.0 Å². The maximum atomic E-state index is 11.7. The largest absolute Gasteiger partial charge is 0.353 e. The third-order valence-electron chi connectivity index (χ3n) is 3.59. The van der Waals surface area contributed by atoms with Crippen molar-refractivity contribution in [2.45, 2.75) is 45.1 Å². The Labute approximate surface area is 92.0 Å². The quantitative estimate of drug-likeness (QED) is 0.734. The number of nitrogens with one attached hydrogen (secondary N) is 2. The number of rotatable bonds is 4. The molecule has 1 saturated heterocycles. The van der Waals surface area contributed by atoms with Crippen molar-refractivity contribution < 1.29 is 4.79 Å². The van der Waals surface area contributed by atoms with Gasteiger partial charge in [0.2, 0.25) is 5.91 Å². The molecule has 0 aromatic carbocycles. The molecule has 3 heteroatoms. The molecule has 86 valence electrons. The molecular formula is C12H22N2O. The van der Waals surface area contributed by atoms with Gasteiger partial charge < -0.3 is 10.6 Å². The third kappa shape index (κ3) is 3.49. The molecule has 2 atom stereocenters. The molecular weight excluding hydrogens is 188 g/mol. The van der Waals surface area contributed by atoms with Crippen LogP contribution >= 0.6 is 0 Å². The molecule has 0 radical (unpaired) electrons. The zero-order chi connectivity index (χ0) is 10.7. The van der Waals surface area contributed by atoms with E-state index in [1.165, 1.54) is 25.7 Å². The summed E-state index contributed by atoms with van der Waals surface area (Å²) < 4.78 is 0. The summed E-state index contributed by atoms with van der Waals surface area (Å²) in [4.78, 5) is 11.7. The maximum Gasteiger partial charge on any atom is 0.220 e. The summed E-state index contributed by atoms with van der Waals surface area (Å²) in [6.07, 6.45) is 5.73. The molecule has 3 nitrogen and oxygen atoms in total. The number of piperidine rings is 1. The van der Waals surface area contributed by atoms with Crippen LogP contribution in [0, 0.1) is 11.8 Å². The van der Waals surface area contributed by atoms with Crippen molar-refractivity contribution in [1.29, 1.82) is 0 Å². The van der Waals surface area contributed by atoms with Gasteiger partial charge >= 0.3 is 0 Å². The minimum absolute atomic E-state index is 0.253. The summed E-state index contributed by atoms with van der Waals surface area (Å²) in [6.45, 7) is 4.27. The van der Waals surface area contributed by atoms with Gasteiger partial charge in [0.05, 0.1) is 0 Å². The maximum absolute atomic E-state index is 11.7. The first-order valence-corrected chi connectivity index (χ1v) is 6.26. The smallest absolute Gasteiger partial charge is 0.220 e. The highest BCUT2D eigenvalue weighted by atomic mass is 16.1. The molecule has 15 heavy (non-hydrogen) atoms. The molecule has 0 aromatic rings. The van der Waals surface area contributed by atoms with Crippen LogP contribution in [0.5, 0.6) is 0 Å². The molecule has 1 saturated carbocycles. The van der Waals surface area contributed by atoms with Crippen molar-refractivity contribution in [2.75, 3.05) is 13.1 Å². The lowest BCUT2D eigenvalue weighted by Gasteiger charge is -2.23. The van der Waals surface area contributed by atoms with Crippen molar-refractivity contribution in [2.24, 2.45) is 11.8 Å². The molecule has 0 aromatic heterocycles. The van der Waals surface area contributed by atoms with E-state index < -0.39 is 0 Å². The molecule has 1 aliphatic carbocycles. The first-order chi connectivity index (χ1) is 7.25. The van der Waals surface area contributed by atoms with Crippen LogP contribution in [-0.4, -0.2) is 25.0 Å². The summed E-state index contributed by atoms with van der Waals surface area (Å²) in [5, 5.41) is 6.47. The monoisotopic (exact) mass is 210 g/mol. The highest BCUT2D eigenvalue weighted by Crippen LogP contribution is 2.32. The first kappa shape index (κ1) is 10.9. The molecule has 1 amide bonds. The molecule has 2 rings (SSSR count). The van der Waals surface area contributed by atoms with Crippen LogP contribution < -0.4 is 10.6 Å². The Kier molecular flexibility index (Phi) is 3.62. The number of hydrogen-bond donors (Lipinski definition) is 2. The Morgan fingerprint density at radius 2 is 2.27 bits per heavy atom. The third-order valence-corrected chi connectivity index (χ3v) is 3.59. The van der Waals surface area contributed by atoms with Gasteiger partial charge in [0, 0.05) is 12.5 Å². The van der Waals surface area contributed by atoms with Crippen molar-refractivity contribution in [3.63, 3.8) is 0 Å². The van der Waals surface area contributed by atoms with Gasteiger partial charge in [0.25, 0.3) is 0 Å². The predicted octanol–water partition coefficient (Wildman–Crippen LogP) is 1.29. The summed E-state index contributed by atoms with van der Waals surface area (Å²) in [5.74, 6) is 1.58. The Balaban J connectivity index is 1.66. The Hall–Kier alpha value is -0.570. The Morgan fingerprint density at radius 1 is 1.47 bits per heavy atom. The highest BCUT2D eigenvalue weighted by molar-refractivity contribution is 5.76. The topological polar surface area (TPSA) is 41.1 Å². The van der Waals surface area contributed by atoms with Gasteiger partial charge in [0.1, 0.15) is 0 Å². The second-order valence-corrected chi connectivity index (χ2v) is 5.11. The van der Waals surface area contributed by atoms with Gasteiger partial charge in [-0.1, -0.05) is 0 Å². The van der Waals surface area contributed by atoms with Crippen LogP contribution in [0.3, 0.4) is 0 Å². The zero-order valence-electron chi connectivity index (χ0n) is 9.59. The van der Waals surface area contributed by atoms with E-state index in [0.29, 0.717) is 18.4 Å². The van der Waals surface area contributed by atoms with E-state index >= 15 is 0 Å². The van der Waals surface area contributed by atoms with E-state index in [4.69, 9.17) is 0 Å². The molecule has 1 aliphatic heterocycles. The Bertz CT molecular complexity index is 220. The van der Waals surface area contributed by atoms with Crippen molar-refractivity contribution in [1.82, 2.24) is 10.6 Å². The average molecular weight is 210 g/mol. The SMILES string of the molecule is CC(NC(=O)CC1CCCNC1)C1CC1. The number of carbonyl (C=O) groups excluding carboxylic acids is 1. The van der Waals surface area contributed by atoms with Gasteiger partial charge in [0.15, 0.2) is 0 Å². The fourth-order valence-electron chi connectivity index (χ4n) is 2.39. The van der Waals surface area contributed by atoms with Gasteiger partial charge in [-0.25, -0.2) is 0 Å². The molecule has 2 fully saturated rings. The summed E-state index contributed by atoms with van der Waals surface area (Å²) in [6, 6.07) is 0.397. The van der Waals surface area contributed by atoms with Gasteiger partial charge in [-0.05, 0) is 57.5 Å². The number of amides is 1. The summed E-state index contributed by atoms with van der Waals surface area (Å²) in [7, 11) is 0. The lowest BCUT2D eigenvalue weighted by atomic mass is 9.96. The van der Waals surface area contributed by atoms with Crippen LogP contribution in [0.4, 0.5) is 0 Å². The minimum Gasteiger partial charge on any atom is -0.353 e. The Morgan fingerprint density at radius 3 is 2.87 bits per heavy atom. The second-order valence-electron chi connectivity index (χ2n) is 5.11. The zero-order valence-corrected chi connectivity index (χ0v) is 9.59. The molecule has 2 aliphatic rings. The van der Waals surface area contributed by atoms with Gasteiger partial charge in [-0.3, -0.25) is 4.79 Å². The van der Waals surface area contributed by atoms with E-state index in [1.807, 2.05) is 0 Å². The van der Waals surface area contributed by atoms with E-state index in [1.54, 1.807) is 0 Å².